The van der Waals surface area contributed by atoms with E-state index in [1.54, 1.807) is 0 Å². The zero-order chi connectivity index (χ0) is 19.5. The van der Waals surface area contributed by atoms with Gasteiger partial charge in [-0.2, -0.15) is 0 Å². The number of nitrogens with two attached hydrogens (primary N) is 1. The normalized spacial score (nSPS) is 13.2. The molecular weight excluding hydrogens is 354 g/mol. The van der Waals surface area contributed by atoms with Gasteiger partial charge < -0.3 is 5.32 Å². The van der Waals surface area contributed by atoms with Gasteiger partial charge in [0.15, 0.2) is 0 Å². The predicted octanol–water partition coefficient (Wildman–Crippen LogP) is 3.41. The fraction of sp³-hybridized carbons (Fsp3) is 0.333. The summed E-state index contributed by atoms with van der Waals surface area (Å²) in [7, 11) is -4.01. The van der Waals surface area contributed by atoms with Crippen LogP contribution in [0.1, 0.15) is 32.8 Å². The number of nitrogens with zero attached hydrogens (tertiary/aromatic N) is 1. The van der Waals surface area contributed by atoms with E-state index in [1.807, 2.05) is 37.3 Å². The van der Waals surface area contributed by atoms with Crippen LogP contribution in [0.25, 0.3) is 0 Å². The monoisotopic (exact) mass is 377 g/mol. The van der Waals surface area contributed by atoms with Crippen molar-refractivity contribution >= 4 is 21.4 Å². The Morgan fingerprint density at radius 3 is 2.31 bits per heavy atom. The molecule has 2 aromatic rings. The summed E-state index contributed by atoms with van der Waals surface area (Å²) in [6, 6.07) is 13.4. The van der Waals surface area contributed by atoms with Crippen molar-refractivity contribution in [1.29, 1.82) is 0 Å². The maximum absolute atomic E-state index is 11.5. The molecule has 0 amide bonds. The summed E-state index contributed by atoms with van der Waals surface area (Å²) in [6.45, 7) is 6.12. The maximum Gasteiger partial charge on any atom is 0.293 e. The summed E-state index contributed by atoms with van der Waals surface area (Å²) in [6.07, 6.45) is 0.718. The molecule has 0 aliphatic rings. The quantitative estimate of drug-likeness (QED) is 0.567. The maximum atomic E-state index is 11.5. The van der Waals surface area contributed by atoms with Crippen molar-refractivity contribution in [2.45, 2.75) is 43.5 Å². The molecule has 7 nitrogen and oxygen atoms in total. The molecule has 0 aromatic heterocycles. The third-order valence-electron chi connectivity index (χ3n) is 4.62. The standard InChI is InChI=1S/C18H23N3O4S/c1-4-17(18(2,3)13-8-6-5-7-9-13)20-15-11-10-14(26(19,24)25)12-16(15)21(22)23/h5-12,17,20H,4H2,1-3H3,(H2,19,24,25). The number of primary sulfonamides is 1. The van der Waals surface area contributed by atoms with Gasteiger partial charge in [-0.1, -0.05) is 51.1 Å². The van der Waals surface area contributed by atoms with E-state index in [-0.39, 0.29) is 27.7 Å². The third kappa shape index (κ3) is 4.20. The number of sulfonamides is 1. The number of benzene rings is 2. The Morgan fingerprint density at radius 2 is 1.81 bits per heavy atom. The molecule has 26 heavy (non-hydrogen) atoms. The average molecular weight is 377 g/mol. The van der Waals surface area contributed by atoms with E-state index in [9.17, 15) is 18.5 Å². The highest BCUT2D eigenvalue weighted by atomic mass is 32.2. The Kier molecular flexibility index (Phi) is 5.68. The first-order valence-electron chi connectivity index (χ1n) is 8.20. The van der Waals surface area contributed by atoms with Gasteiger partial charge in [0, 0.05) is 17.5 Å². The zero-order valence-corrected chi connectivity index (χ0v) is 15.8. The lowest BCUT2D eigenvalue weighted by atomic mass is 9.76. The number of anilines is 1. The van der Waals surface area contributed by atoms with E-state index >= 15 is 0 Å². The molecule has 0 aliphatic heterocycles. The SMILES string of the molecule is CCC(Nc1ccc(S(N)(=O)=O)cc1[N+](=O)[O-])C(C)(C)c1ccccc1. The molecule has 3 N–H and O–H groups in total. The van der Waals surface area contributed by atoms with E-state index in [0.29, 0.717) is 0 Å². The van der Waals surface area contributed by atoms with Crippen LogP contribution in [0.5, 0.6) is 0 Å². The highest BCUT2D eigenvalue weighted by Gasteiger charge is 2.31. The predicted molar refractivity (Wildman–Crippen MR) is 102 cm³/mol. The molecule has 0 bridgehead atoms. The molecule has 2 rings (SSSR count). The minimum absolute atomic E-state index is 0.107. The van der Waals surface area contributed by atoms with Crippen LogP contribution >= 0.6 is 0 Å². The molecule has 0 fully saturated rings. The number of nitro benzene ring substituents is 1. The smallest absolute Gasteiger partial charge is 0.293 e. The number of rotatable bonds is 7. The molecule has 0 saturated carbocycles. The molecule has 0 aliphatic carbocycles. The van der Waals surface area contributed by atoms with E-state index in [0.717, 1.165) is 18.1 Å². The van der Waals surface area contributed by atoms with Gasteiger partial charge in [-0.3, -0.25) is 10.1 Å². The summed E-state index contributed by atoms with van der Waals surface area (Å²) in [5.41, 5.74) is 0.739. The van der Waals surface area contributed by atoms with Crippen molar-refractivity contribution in [2.75, 3.05) is 5.32 Å². The van der Waals surface area contributed by atoms with Gasteiger partial charge in [0.1, 0.15) is 5.69 Å². The Hall–Kier alpha value is -2.45. The molecule has 1 unspecified atom stereocenters. The molecule has 140 valence electrons. The van der Waals surface area contributed by atoms with Crippen molar-refractivity contribution < 1.29 is 13.3 Å². The average Bonchev–Trinajstić information content (AvgIpc) is 2.59. The minimum Gasteiger partial charge on any atom is -0.376 e. The molecular formula is C18H23N3O4S. The fourth-order valence-electron chi connectivity index (χ4n) is 3.01. The molecule has 2 aromatic carbocycles. The second kappa shape index (κ2) is 7.43. The molecule has 0 spiro atoms. The second-order valence-electron chi connectivity index (χ2n) is 6.67. The van der Waals surface area contributed by atoms with E-state index in [2.05, 4.69) is 19.2 Å². The molecule has 0 radical (unpaired) electrons. The van der Waals surface area contributed by atoms with Gasteiger partial charge in [-0.25, -0.2) is 13.6 Å². The lowest BCUT2D eigenvalue weighted by molar-refractivity contribution is -0.384. The third-order valence-corrected chi connectivity index (χ3v) is 5.53. The number of hydrogen-bond donors (Lipinski definition) is 2. The van der Waals surface area contributed by atoms with Gasteiger partial charge in [0.25, 0.3) is 5.69 Å². The number of nitro groups is 1. The zero-order valence-electron chi connectivity index (χ0n) is 15.0. The van der Waals surface area contributed by atoms with Crippen LogP contribution in [0.3, 0.4) is 0 Å². The Morgan fingerprint density at radius 1 is 1.19 bits per heavy atom. The highest BCUT2D eigenvalue weighted by Crippen LogP contribution is 2.34. The van der Waals surface area contributed by atoms with E-state index in [4.69, 9.17) is 5.14 Å². The topological polar surface area (TPSA) is 115 Å². The van der Waals surface area contributed by atoms with Gasteiger partial charge >= 0.3 is 0 Å². The summed E-state index contributed by atoms with van der Waals surface area (Å²) in [5.74, 6) is 0. The first kappa shape index (κ1) is 19.9. The molecule has 0 saturated heterocycles. The summed E-state index contributed by atoms with van der Waals surface area (Å²) >= 11 is 0. The first-order chi connectivity index (χ1) is 12.1. The lowest BCUT2D eigenvalue weighted by Crippen LogP contribution is -2.39. The first-order valence-corrected chi connectivity index (χ1v) is 9.75. The van der Waals surface area contributed by atoms with Crippen molar-refractivity contribution in [3.63, 3.8) is 0 Å². The van der Waals surface area contributed by atoms with Gasteiger partial charge in [-0.15, -0.1) is 0 Å². The fourth-order valence-corrected chi connectivity index (χ4v) is 3.54. The minimum atomic E-state index is -4.01. The lowest BCUT2D eigenvalue weighted by Gasteiger charge is -2.35. The van der Waals surface area contributed by atoms with Crippen molar-refractivity contribution in [2.24, 2.45) is 5.14 Å². The van der Waals surface area contributed by atoms with E-state index < -0.39 is 14.9 Å². The summed E-state index contributed by atoms with van der Waals surface area (Å²) in [5, 5.41) is 19.7. The summed E-state index contributed by atoms with van der Waals surface area (Å²) in [4.78, 5) is 10.5. The van der Waals surface area contributed by atoms with Crippen molar-refractivity contribution in [1.82, 2.24) is 0 Å². The Balaban J connectivity index is 2.43. The van der Waals surface area contributed by atoms with Crippen LogP contribution in [-0.4, -0.2) is 19.4 Å². The van der Waals surface area contributed by atoms with Crippen molar-refractivity contribution in [3.05, 3.63) is 64.2 Å². The Bertz CT molecular complexity index is 896. The molecule has 1 atom stereocenters. The largest absolute Gasteiger partial charge is 0.376 e. The van der Waals surface area contributed by atoms with Crippen LogP contribution in [0.4, 0.5) is 11.4 Å². The molecule has 8 heteroatoms. The van der Waals surface area contributed by atoms with Crippen LogP contribution < -0.4 is 10.5 Å². The molecule has 0 heterocycles. The second-order valence-corrected chi connectivity index (χ2v) is 8.24. The van der Waals surface area contributed by atoms with Gasteiger partial charge in [0.05, 0.1) is 9.82 Å². The number of nitrogens with one attached hydrogen (secondary N) is 1. The van der Waals surface area contributed by atoms with Crippen molar-refractivity contribution in [3.8, 4) is 0 Å². The number of hydrogen-bond acceptors (Lipinski definition) is 5. The highest BCUT2D eigenvalue weighted by molar-refractivity contribution is 7.89. The summed E-state index contributed by atoms with van der Waals surface area (Å²) < 4.78 is 23.0. The van der Waals surface area contributed by atoms with Gasteiger partial charge in [0.2, 0.25) is 10.0 Å². The van der Waals surface area contributed by atoms with Crippen LogP contribution in [-0.2, 0) is 15.4 Å². The Labute approximate surface area is 153 Å². The van der Waals surface area contributed by atoms with Gasteiger partial charge in [-0.05, 0) is 24.1 Å². The van der Waals surface area contributed by atoms with Crippen LogP contribution in [0, 0.1) is 10.1 Å². The van der Waals surface area contributed by atoms with Crippen LogP contribution in [0.15, 0.2) is 53.4 Å². The van der Waals surface area contributed by atoms with E-state index in [1.165, 1.54) is 12.1 Å². The van der Waals surface area contributed by atoms with Crippen LogP contribution in [0.2, 0.25) is 0 Å².